The molecular formula is C19H26N4O5S. The molecule has 158 valence electrons. The minimum absolute atomic E-state index is 0.0413. The molecule has 2 unspecified atom stereocenters. The molecular weight excluding hydrogens is 396 g/mol. The second kappa shape index (κ2) is 9.02. The highest BCUT2D eigenvalue weighted by Gasteiger charge is 2.30. The van der Waals surface area contributed by atoms with Gasteiger partial charge in [0.15, 0.2) is 0 Å². The first-order chi connectivity index (χ1) is 13.8. The number of aromatic nitrogens is 2. The van der Waals surface area contributed by atoms with Gasteiger partial charge in [0.25, 0.3) is 0 Å². The van der Waals surface area contributed by atoms with E-state index in [4.69, 9.17) is 4.74 Å². The zero-order valence-corrected chi connectivity index (χ0v) is 17.4. The molecule has 0 saturated carbocycles. The van der Waals surface area contributed by atoms with Gasteiger partial charge in [-0.2, -0.15) is 9.40 Å². The fraction of sp³-hybridized carbons (Fsp3) is 0.526. The van der Waals surface area contributed by atoms with Crippen LogP contribution in [0.25, 0.3) is 10.9 Å². The number of nitrogens with one attached hydrogen (secondary N) is 1. The summed E-state index contributed by atoms with van der Waals surface area (Å²) in [5.41, 5.74) is 0.490. The van der Waals surface area contributed by atoms with Crippen molar-refractivity contribution in [3.05, 3.63) is 40.7 Å². The molecule has 2 aromatic rings. The van der Waals surface area contributed by atoms with E-state index in [9.17, 15) is 18.0 Å². The van der Waals surface area contributed by atoms with Gasteiger partial charge in [0, 0.05) is 31.4 Å². The molecule has 3 rings (SSSR count). The normalized spacial score (nSPS) is 20.6. The summed E-state index contributed by atoms with van der Waals surface area (Å²) in [5.74, 6) is -0.425. The number of sulfonamides is 1. The Balaban J connectivity index is 1.51. The average Bonchev–Trinajstić information content (AvgIpc) is 2.67. The van der Waals surface area contributed by atoms with Crippen molar-refractivity contribution in [3.8, 4) is 0 Å². The maximum atomic E-state index is 12.5. The van der Waals surface area contributed by atoms with E-state index in [1.807, 2.05) is 13.8 Å². The number of aryl methyl sites for hydroxylation is 1. The Labute approximate surface area is 169 Å². The number of carbonyl (C=O) groups excluding carboxylic acids is 1. The number of fused-ring (bicyclic) bond motifs is 1. The third kappa shape index (κ3) is 5.40. The fourth-order valence-corrected chi connectivity index (χ4v) is 4.93. The summed E-state index contributed by atoms with van der Waals surface area (Å²) in [6, 6.07) is 7.07. The topological polar surface area (TPSA) is 111 Å². The molecule has 1 aliphatic rings. The molecule has 1 aromatic carbocycles. The highest BCUT2D eigenvalue weighted by Crippen LogP contribution is 2.14. The molecule has 2 atom stereocenters. The molecule has 1 N–H and O–H groups in total. The fourth-order valence-electron chi connectivity index (χ4n) is 3.44. The van der Waals surface area contributed by atoms with E-state index in [2.05, 4.69) is 10.4 Å². The van der Waals surface area contributed by atoms with Gasteiger partial charge in [0.2, 0.25) is 21.4 Å². The Kier molecular flexibility index (Phi) is 6.66. The van der Waals surface area contributed by atoms with Crippen molar-refractivity contribution in [1.29, 1.82) is 0 Å². The molecule has 0 radical (unpaired) electrons. The van der Waals surface area contributed by atoms with Crippen LogP contribution in [0.3, 0.4) is 0 Å². The summed E-state index contributed by atoms with van der Waals surface area (Å²) < 4.78 is 33.6. The van der Waals surface area contributed by atoms with Gasteiger partial charge in [0.1, 0.15) is 0 Å². The maximum Gasteiger partial charge on any atom is 0.221 e. The molecule has 1 fully saturated rings. The summed E-state index contributed by atoms with van der Waals surface area (Å²) in [4.78, 5) is 24.0. The molecule has 0 spiro atoms. The van der Waals surface area contributed by atoms with Crippen molar-refractivity contribution < 1.29 is 17.9 Å². The van der Waals surface area contributed by atoms with Gasteiger partial charge in [-0.25, -0.2) is 8.42 Å². The van der Waals surface area contributed by atoms with Gasteiger partial charge in [-0.05, 0) is 26.0 Å². The molecule has 29 heavy (non-hydrogen) atoms. The van der Waals surface area contributed by atoms with Crippen LogP contribution >= 0.6 is 0 Å². The largest absolute Gasteiger partial charge is 0.373 e. The van der Waals surface area contributed by atoms with E-state index < -0.39 is 10.0 Å². The Morgan fingerprint density at radius 3 is 2.66 bits per heavy atom. The molecule has 1 aromatic heterocycles. The minimum Gasteiger partial charge on any atom is -0.373 e. The van der Waals surface area contributed by atoms with E-state index in [0.29, 0.717) is 24.0 Å². The summed E-state index contributed by atoms with van der Waals surface area (Å²) in [6.07, 6.45) is 1.06. The number of hydrogen-bond acceptors (Lipinski definition) is 6. The molecule has 1 aliphatic heterocycles. The van der Waals surface area contributed by atoms with E-state index in [0.717, 1.165) is 0 Å². The Morgan fingerprint density at radius 2 is 1.93 bits per heavy atom. The molecule has 10 heteroatoms. The van der Waals surface area contributed by atoms with E-state index in [1.165, 1.54) is 10.5 Å². The second-order valence-electron chi connectivity index (χ2n) is 7.24. The van der Waals surface area contributed by atoms with Crippen molar-refractivity contribution in [2.75, 3.05) is 25.4 Å². The standard InChI is InChI=1S/C19H26N4O5S/c1-14-12-22(13-15(2)28-14)29(26,27)10-8-20-19(25)7-9-23-17-6-4-3-5-16(17)18(24)11-21-23/h3-6,11,14-15H,7-10,12-13H2,1-2H3,(H,20,25). The van der Waals surface area contributed by atoms with Crippen LogP contribution in [0.2, 0.25) is 0 Å². The predicted molar refractivity (Wildman–Crippen MR) is 109 cm³/mol. The lowest BCUT2D eigenvalue weighted by atomic mass is 10.2. The summed E-state index contributed by atoms with van der Waals surface area (Å²) in [7, 11) is -3.46. The highest BCUT2D eigenvalue weighted by molar-refractivity contribution is 7.89. The van der Waals surface area contributed by atoms with Crippen LogP contribution in [-0.4, -0.2) is 66.0 Å². The number of para-hydroxylation sites is 1. The van der Waals surface area contributed by atoms with Crippen molar-refractivity contribution in [1.82, 2.24) is 19.4 Å². The van der Waals surface area contributed by atoms with Crippen LogP contribution in [0, 0.1) is 0 Å². The number of nitrogens with zero attached hydrogens (tertiary/aromatic N) is 3. The number of ether oxygens (including phenoxy) is 1. The average molecular weight is 423 g/mol. The zero-order valence-electron chi connectivity index (χ0n) is 16.6. The second-order valence-corrected chi connectivity index (χ2v) is 9.33. The van der Waals surface area contributed by atoms with Crippen LogP contribution in [-0.2, 0) is 26.1 Å². The first-order valence-electron chi connectivity index (χ1n) is 9.61. The van der Waals surface area contributed by atoms with Gasteiger partial charge >= 0.3 is 0 Å². The van der Waals surface area contributed by atoms with Gasteiger partial charge in [-0.15, -0.1) is 0 Å². The van der Waals surface area contributed by atoms with Crippen molar-refractivity contribution in [3.63, 3.8) is 0 Å². The van der Waals surface area contributed by atoms with Crippen LogP contribution < -0.4 is 10.7 Å². The minimum atomic E-state index is -3.46. The van der Waals surface area contributed by atoms with Crippen molar-refractivity contribution in [2.24, 2.45) is 0 Å². The number of benzene rings is 1. The van der Waals surface area contributed by atoms with E-state index >= 15 is 0 Å². The maximum absolute atomic E-state index is 12.5. The third-order valence-electron chi connectivity index (χ3n) is 4.77. The Morgan fingerprint density at radius 1 is 1.24 bits per heavy atom. The van der Waals surface area contributed by atoms with Gasteiger partial charge in [-0.3, -0.25) is 14.3 Å². The number of rotatable bonds is 7. The first-order valence-corrected chi connectivity index (χ1v) is 11.2. The molecule has 1 saturated heterocycles. The molecule has 0 bridgehead atoms. The van der Waals surface area contributed by atoms with Gasteiger partial charge < -0.3 is 10.1 Å². The van der Waals surface area contributed by atoms with Crippen LogP contribution in [0.5, 0.6) is 0 Å². The predicted octanol–water partition coefficient (Wildman–Crippen LogP) is 0.342. The van der Waals surface area contributed by atoms with E-state index in [1.54, 1.807) is 28.9 Å². The monoisotopic (exact) mass is 422 g/mol. The SMILES string of the molecule is CC1CN(S(=O)(=O)CCNC(=O)CCn2ncc(=O)c3ccccc32)CC(C)O1. The summed E-state index contributed by atoms with van der Waals surface area (Å²) in [6.45, 7) is 4.67. The summed E-state index contributed by atoms with van der Waals surface area (Å²) in [5, 5.41) is 7.28. The number of amides is 1. The molecule has 9 nitrogen and oxygen atoms in total. The van der Waals surface area contributed by atoms with Crippen LogP contribution in [0.1, 0.15) is 20.3 Å². The molecule has 2 heterocycles. The Hall–Kier alpha value is -2.30. The van der Waals surface area contributed by atoms with Crippen LogP contribution in [0.4, 0.5) is 0 Å². The van der Waals surface area contributed by atoms with Crippen LogP contribution in [0.15, 0.2) is 35.3 Å². The highest BCUT2D eigenvalue weighted by atomic mass is 32.2. The van der Waals surface area contributed by atoms with E-state index in [-0.39, 0.29) is 48.8 Å². The smallest absolute Gasteiger partial charge is 0.221 e. The number of hydrogen-bond donors (Lipinski definition) is 1. The van der Waals surface area contributed by atoms with Crippen molar-refractivity contribution in [2.45, 2.75) is 39.0 Å². The number of carbonyl (C=O) groups is 1. The Bertz CT molecular complexity index is 1030. The molecule has 1 amide bonds. The lowest BCUT2D eigenvalue weighted by Gasteiger charge is -2.34. The number of morpholine rings is 1. The lowest BCUT2D eigenvalue weighted by Crippen LogP contribution is -2.49. The van der Waals surface area contributed by atoms with Gasteiger partial charge in [0.05, 0.1) is 36.2 Å². The third-order valence-corrected chi connectivity index (χ3v) is 6.58. The van der Waals surface area contributed by atoms with Gasteiger partial charge in [-0.1, -0.05) is 12.1 Å². The first kappa shape index (κ1) is 21.4. The quantitative estimate of drug-likeness (QED) is 0.689. The molecule has 0 aliphatic carbocycles. The summed E-state index contributed by atoms with van der Waals surface area (Å²) >= 11 is 0. The van der Waals surface area contributed by atoms with Crippen molar-refractivity contribution >= 4 is 26.8 Å². The lowest BCUT2D eigenvalue weighted by molar-refractivity contribution is -0.121. The zero-order chi connectivity index (χ0) is 21.0.